The van der Waals surface area contributed by atoms with Gasteiger partial charge >= 0.3 is 0 Å². The molecule has 1 aliphatic rings. The molecule has 25 heavy (non-hydrogen) atoms. The van der Waals surface area contributed by atoms with Crippen LogP contribution < -0.4 is 16.0 Å². The van der Waals surface area contributed by atoms with E-state index in [0.717, 1.165) is 41.0 Å². The molecule has 1 saturated carbocycles. The minimum absolute atomic E-state index is 0.0914. The van der Waals surface area contributed by atoms with Gasteiger partial charge in [0.2, 0.25) is 11.8 Å². The zero-order chi connectivity index (χ0) is 17.8. The Balaban J connectivity index is 1.51. The van der Waals surface area contributed by atoms with Crippen molar-refractivity contribution in [2.45, 2.75) is 26.7 Å². The maximum atomic E-state index is 12.2. The predicted molar refractivity (Wildman–Crippen MR) is 101 cm³/mol. The van der Waals surface area contributed by atoms with Crippen molar-refractivity contribution in [3.05, 3.63) is 53.6 Å². The number of rotatable bonds is 6. The second kappa shape index (κ2) is 7.38. The van der Waals surface area contributed by atoms with Gasteiger partial charge in [0.1, 0.15) is 0 Å². The van der Waals surface area contributed by atoms with Crippen molar-refractivity contribution in [2.75, 3.05) is 22.5 Å². The summed E-state index contributed by atoms with van der Waals surface area (Å²) in [6.07, 6.45) is 1.97. The van der Waals surface area contributed by atoms with Crippen LogP contribution in [0.2, 0.25) is 0 Å². The lowest BCUT2D eigenvalue weighted by atomic mass is 10.1. The van der Waals surface area contributed by atoms with Gasteiger partial charge in [0.05, 0.1) is 6.54 Å². The van der Waals surface area contributed by atoms with Gasteiger partial charge in [-0.2, -0.15) is 0 Å². The van der Waals surface area contributed by atoms with Gasteiger partial charge in [0.15, 0.2) is 0 Å². The van der Waals surface area contributed by atoms with Crippen LogP contribution in [0, 0.1) is 19.8 Å². The Labute approximate surface area is 147 Å². The summed E-state index contributed by atoms with van der Waals surface area (Å²) in [5.74, 6) is 0.184. The molecule has 2 aromatic rings. The van der Waals surface area contributed by atoms with Crippen molar-refractivity contribution in [3.8, 4) is 0 Å². The number of amides is 2. The molecule has 3 N–H and O–H groups in total. The van der Waals surface area contributed by atoms with Crippen LogP contribution in [0.1, 0.15) is 24.0 Å². The molecule has 0 unspecified atom stereocenters. The van der Waals surface area contributed by atoms with Crippen LogP contribution >= 0.6 is 0 Å². The zero-order valence-electron chi connectivity index (χ0n) is 14.6. The van der Waals surface area contributed by atoms with Crippen LogP contribution in [0.4, 0.5) is 17.1 Å². The van der Waals surface area contributed by atoms with E-state index in [0.29, 0.717) is 0 Å². The quantitative estimate of drug-likeness (QED) is 0.753. The zero-order valence-corrected chi connectivity index (χ0v) is 14.6. The molecule has 0 aromatic heterocycles. The molecule has 0 bridgehead atoms. The Morgan fingerprint density at radius 2 is 1.52 bits per heavy atom. The van der Waals surface area contributed by atoms with Crippen molar-refractivity contribution in [3.63, 3.8) is 0 Å². The van der Waals surface area contributed by atoms with Gasteiger partial charge in [-0.3, -0.25) is 9.59 Å². The molecule has 5 heteroatoms. The molecule has 1 fully saturated rings. The third-order valence-electron chi connectivity index (χ3n) is 4.30. The van der Waals surface area contributed by atoms with E-state index in [1.165, 1.54) is 0 Å². The molecule has 0 heterocycles. The smallest absolute Gasteiger partial charge is 0.243 e. The van der Waals surface area contributed by atoms with Gasteiger partial charge in [-0.25, -0.2) is 0 Å². The Hall–Kier alpha value is -2.82. The normalized spacial score (nSPS) is 13.2. The molecule has 3 rings (SSSR count). The largest absolute Gasteiger partial charge is 0.376 e. The highest BCUT2D eigenvalue weighted by Crippen LogP contribution is 2.30. The number of benzene rings is 2. The fraction of sp³-hybridized carbons (Fsp3) is 0.300. The van der Waals surface area contributed by atoms with Gasteiger partial charge in [0, 0.05) is 23.0 Å². The minimum Gasteiger partial charge on any atom is -0.376 e. The molecule has 0 atom stereocenters. The topological polar surface area (TPSA) is 70.2 Å². The molecule has 0 aliphatic heterocycles. The van der Waals surface area contributed by atoms with Crippen molar-refractivity contribution >= 4 is 28.9 Å². The number of aryl methyl sites for hydroxylation is 2. The number of nitrogens with one attached hydrogen (secondary N) is 3. The summed E-state index contributed by atoms with van der Waals surface area (Å²) in [6.45, 7) is 4.14. The Morgan fingerprint density at radius 1 is 0.920 bits per heavy atom. The highest BCUT2D eigenvalue weighted by Gasteiger charge is 2.29. The fourth-order valence-corrected chi connectivity index (χ4v) is 2.64. The van der Waals surface area contributed by atoms with E-state index in [9.17, 15) is 9.59 Å². The van der Waals surface area contributed by atoms with E-state index >= 15 is 0 Å². The lowest BCUT2D eigenvalue weighted by Crippen LogP contribution is -2.22. The average Bonchev–Trinajstić information content (AvgIpc) is 3.43. The van der Waals surface area contributed by atoms with E-state index < -0.39 is 0 Å². The van der Waals surface area contributed by atoms with Crippen molar-refractivity contribution in [1.29, 1.82) is 0 Å². The third-order valence-corrected chi connectivity index (χ3v) is 4.30. The summed E-state index contributed by atoms with van der Waals surface area (Å²) in [6, 6.07) is 13.3. The van der Waals surface area contributed by atoms with Gasteiger partial charge in [-0.15, -0.1) is 0 Å². The number of hydrogen-bond donors (Lipinski definition) is 3. The second-order valence-corrected chi connectivity index (χ2v) is 6.51. The maximum Gasteiger partial charge on any atom is 0.243 e. The number of para-hydroxylation sites is 1. The number of anilines is 3. The van der Waals surface area contributed by atoms with E-state index in [1.807, 2.05) is 56.3 Å². The highest BCUT2D eigenvalue weighted by atomic mass is 16.2. The minimum atomic E-state index is -0.0940. The summed E-state index contributed by atoms with van der Waals surface area (Å²) in [7, 11) is 0. The molecule has 0 saturated heterocycles. The summed E-state index contributed by atoms with van der Waals surface area (Å²) >= 11 is 0. The van der Waals surface area contributed by atoms with E-state index in [4.69, 9.17) is 0 Å². The lowest BCUT2D eigenvalue weighted by molar-refractivity contribution is -0.117. The van der Waals surface area contributed by atoms with Crippen LogP contribution in [0.3, 0.4) is 0 Å². The molecule has 1 aliphatic carbocycles. The number of carbonyl (C=O) groups excluding carboxylic acids is 2. The summed E-state index contributed by atoms with van der Waals surface area (Å²) in [5.41, 5.74) is 4.57. The van der Waals surface area contributed by atoms with E-state index in [2.05, 4.69) is 16.0 Å². The Kier molecular flexibility index (Phi) is 5.03. The molecule has 2 aromatic carbocycles. The van der Waals surface area contributed by atoms with Crippen molar-refractivity contribution in [2.24, 2.45) is 5.92 Å². The standard InChI is InChI=1S/C20H23N3O2/c1-13-4-3-5-14(2)19(13)23-18(24)12-21-16-8-10-17(11-9-16)22-20(25)15-6-7-15/h3-5,8-11,15,21H,6-7,12H2,1-2H3,(H,22,25)(H,23,24). The van der Waals surface area contributed by atoms with Crippen LogP contribution in [0.5, 0.6) is 0 Å². The monoisotopic (exact) mass is 337 g/mol. The number of hydrogen-bond acceptors (Lipinski definition) is 3. The predicted octanol–water partition coefficient (Wildman–Crippen LogP) is 3.70. The molecule has 0 radical (unpaired) electrons. The molecule has 2 amide bonds. The molecular formula is C20H23N3O2. The highest BCUT2D eigenvalue weighted by molar-refractivity contribution is 5.95. The summed E-state index contributed by atoms with van der Waals surface area (Å²) in [5, 5.41) is 8.94. The first-order chi connectivity index (χ1) is 12.0. The van der Waals surface area contributed by atoms with Crippen molar-refractivity contribution < 1.29 is 9.59 Å². The van der Waals surface area contributed by atoms with E-state index in [-0.39, 0.29) is 24.3 Å². The number of carbonyl (C=O) groups is 2. The first-order valence-corrected chi connectivity index (χ1v) is 8.54. The van der Waals surface area contributed by atoms with E-state index in [1.54, 1.807) is 0 Å². The fourth-order valence-electron chi connectivity index (χ4n) is 2.64. The van der Waals surface area contributed by atoms with Gasteiger partial charge in [-0.05, 0) is 62.1 Å². The Bertz CT molecular complexity index is 760. The SMILES string of the molecule is Cc1cccc(C)c1NC(=O)CNc1ccc(NC(=O)C2CC2)cc1. The molecule has 130 valence electrons. The van der Waals surface area contributed by atoms with Crippen molar-refractivity contribution in [1.82, 2.24) is 0 Å². The summed E-state index contributed by atoms with van der Waals surface area (Å²) < 4.78 is 0. The summed E-state index contributed by atoms with van der Waals surface area (Å²) in [4.78, 5) is 23.9. The lowest BCUT2D eigenvalue weighted by Gasteiger charge is -2.12. The van der Waals surface area contributed by atoms with Crippen LogP contribution in [-0.4, -0.2) is 18.4 Å². The van der Waals surface area contributed by atoms with Crippen LogP contribution in [-0.2, 0) is 9.59 Å². The molecular weight excluding hydrogens is 314 g/mol. The Morgan fingerprint density at radius 3 is 2.12 bits per heavy atom. The second-order valence-electron chi connectivity index (χ2n) is 6.51. The first kappa shape index (κ1) is 17.0. The van der Waals surface area contributed by atoms with Gasteiger partial charge in [-0.1, -0.05) is 18.2 Å². The van der Waals surface area contributed by atoms with Gasteiger partial charge in [0.25, 0.3) is 0 Å². The maximum absolute atomic E-state index is 12.2. The first-order valence-electron chi connectivity index (χ1n) is 8.54. The molecule has 0 spiro atoms. The van der Waals surface area contributed by atoms with Crippen LogP contribution in [0.15, 0.2) is 42.5 Å². The third kappa shape index (κ3) is 4.59. The average molecular weight is 337 g/mol. The van der Waals surface area contributed by atoms with Crippen LogP contribution in [0.25, 0.3) is 0 Å². The van der Waals surface area contributed by atoms with Gasteiger partial charge < -0.3 is 16.0 Å². The molecule has 5 nitrogen and oxygen atoms in total.